The lowest BCUT2D eigenvalue weighted by Crippen LogP contribution is -1.92. The fourth-order valence-corrected chi connectivity index (χ4v) is 7.30. The molecule has 9 aromatic rings. The smallest absolute Gasteiger partial charge is 0.00141 e. The number of hydrogen-bond donors (Lipinski definition) is 0. The lowest BCUT2D eigenvalue weighted by atomic mass is 9.83. The van der Waals surface area contributed by atoms with Crippen LogP contribution in [0.15, 0.2) is 164 Å². The minimum Gasteiger partial charge on any atom is -0.0616 e. The summed E-state index contributed by atoms with van der Waals surface area (Å²) in [6, 6.07) is 60.6. The van der Waals surface area contributed by atoms with Crippen LogP contribution in [0.4, 0.5) is 0 Å². The maximum Gasteiger partial charge on any atom is -0.00141 e. The molecule has 9 rings (SSSR count). The van der Waals surface area contributed by atoms with Gasteiger partial charge in [-0.3, -0.25) is 0 Å². The third-order valence-corrected chi connectivity index (χ3v) is 9.43. The summed E-state index contributed by atoms with van der Waals surface area (Å²) < 4.78 is 0. The molecular weight excluding hydrogens is 540 g/mol. The van der Waals surface area contributed by atoms with Crippen LogP contribution in [0.1, 0.15) is 5.56 Å². The quantitative estimate of drug-likeness (QED) is 0.146. The highest BCUT2D eigenvalue weighted by atomic mass is 14.2. The van der Waals surface area contributed by atoms with Crippen LogP contribution in [0.2, 0.25) is 0 Å². The molecule has 0 aliphatic carbocycles. The van der Waals surface area contributed by atoms with Gasteiger partial charge in [0.1, 0.15) is 0 Å². The van der Waals surface area contributed by atoms with Crippen molar-refractivity contribution in [2.75, 3.05) is 0 Å². The third-order valence-electron chi connectivity index (χ3n) is 9.43. The van der Waals surface area contributed by atoms with Gasteiger partial charge in [0, 0.05) is 0 Å². The predicted octanol–water partition coefficient (Wildman–Crippen LogP) is 12.8. The molecule has 0 saturated carbocycles. The van der Waals surface area contributed by atoms with Crippen LogP contribution in [0.25, 0.3) is 87.2 Å². The van der Waals surface area contributed by atoms with Gasteiger partial charge in [0.25, 0.3) is 0 Å². The topological polar surface area (TPSA) is 0 Å². The molecule has 0 amide bonds. The summed E-state index contributed by atoms with van der Waals surface area (Å²) >= 11 is 0. The SMILES string of the molecule is Cc1ccc2cc(-c3c4ccccc4c(-c4cccc(-c5ccc6ccccc6c5)c4)c4c3ccc3ccccc34)ccc2c1. The van der Waals surface area contributed by atoms with Gasteiger partial charge in [0.15, 0.2) is 0 Å². The van der Waals surface area contributed by atoms with Gasteiger partial charge in [0.2, 0.25) is 0 Å². The van der Waals surface area contributed by atoms with E-state index < -0.39 is 0 Å². The molecule has 0 heteroatoms. The highest BCUT2D eigenvalue weighted by molar-refractivity contribution is 6.28. The van der Waals surface area contributed by atoms with E-state index in [1.54, 1.807) is 0 Å². The number of fused-ring (bicyclic) bond motifs is 6. The summed E-state index contributed by atoms with van der Waals surface area (Å²) in [5, 5.41) is 12.7. The van der Waals surface area contributed by atoms with Gasteiger partial charge in [-0.05, 0) is 112 Å². The van der Waals surface area contributed by atoms with E-state index in [9.17, 15) is 0 Å². The molecule has 210 valence electrons. The Bertz CT molecular complexity index is 2600. The van der Waals surface area contributed by atoms with Gasteiger partial charge >= 0.3 is 0 Å². The molecule has 0 unspecified atom stereocenters. The van der Waals surface area contributed by atoms with Crippen molar-refractivity contribution in [2.45, 2.75) is 6.92 Å². The second kappa shape index (κ2) is 10.2. The highest BCUT2D eigenvalue weighted by Crippen LogP contribution is 2.47. The van der Waals surface area contributed by atoms with Crippen LogP contribution >= 0.6 is 0 Å². The second-order valence-corrected chi connectivity index (χ2v) is 12.2. The van der Waals surface area contributed by atoms with Crippen molar-refractivity contribution in [1.82, 2.24) is 0 Å². The third kappa shape index (κ3) is 4.22. The lowest BCUT2D eigenvalue weighted by Gasteiger charge is -2.20. The van der Waals surface area contributed by atoms with Crippen molar-refractivity contribution in [1.29, 1.82) is 0 Å². The van der Waals surface area contributed by atoms with Crippen molar-refractivity contribution in [3.63, 3.8) is 0 Å². The summed E-state index contributed by atoms with van der Waals surface area (Å²) in [6.45, 7) is 2.16. The van der Waals surface area contributed by atoms with E-state index in [1.807, 2.05) is 0 Å². The minimum atomic E-state index is 1.23. The Kier molecular flexibility index (Phi) is 5.83. The molecule has 0 fully saturated rings. The molecule has 0 spiro atoms. The van der Waals surface area contributed by atoms with Gasteiger partial charge in [-0.25, -0.2) is 0 Å². The van der Waals surface area contributed by atoms with E-state index in [-0.39, 0.29) is 0 Å². The predicted molar refractivity (Wildman–Crippen MR) is 195 cm³/mol. The number of rotatable bonds is 3. The molecule has 0 aliphatic rings. The second-order valence-electron chi connectivity index (χ2n) is 12.2. The zero-order valence-electron chi connectivity index (χ0n) is 25.1. The first-order valence-electron chi connectivity index (χ1n) is 15.7. The van der Waals surface area contributed by atoms with E-state index in [0.717, 1.165) is 0 Å². The van der Waals surface area contributed by atoms with Gasteiger partial charge in [-0.2, -0.15) is 0 Å². The first-order chi connectivity index (χ1) is 22.2. The Morgan fingerprint density at radius 2 is 0.822 bits per heavy atom. The van der Waals surface area contributed by atoms with Gasteiger partial charge < -0.3 is 0 Å². The maximum absolute atomic E-state index is 2.38. The molecule has 0 bridgehead atoms. The van der Waals surface area contributed by atoms with Crippen LogP contribution in [0.3, 0.4) is 0 Å². The minimum absolute atomic E-state index is 1.23. The zero-order valence-corrected chi connectivity index (χ0v) is 25.1. The molecule has 0 aromatic heterocycles. The number of benzene rings is 9. The van der Waals surface area contributed by atoms with Crippen molar-refractivity contribution >= 4 is 53.9 Å². The largest absolute Gasteiger partial charge is 0.0616 e. The average molecular weight is 571 g/mol. The highest BCUT2D eigenvalue weighted by Gasteiger charge is 2.19. The summed E-state index contributed by atoms with van der Waals surface area (Å²) in [7, 11) is 0. The fourth-order valence-electron chi connectivity index (χ4n) is 7.30. The molecule has 0 saturated heterocycles. The summed E-state index contributed by atoms with van der Waals surface area (Å²) in [5.41, 5.74) is 8.82. The van der Waals surface area contributed by atoms with Crippen molar-refractivity contribution < 1.29 is 0 Å². The van der Waals surface area contributed by atoms with Crippen molar-refractivity contribution in [3.8, 4) is 33.4 Å². The Balaban J connectivity index is 1.37. The maximum atomic E-state index is 2.38. The molecule has 45 heavy (non-hydrogen) atoms. The molecule has 0 heterocycles. The molecule has 9 aromatic carbocycles. The summed E-state index contributed by atoms with van der Waals surface area (Å²) in [6.07, 6.45) is 0. The molecular formula is C45H30. The fraction of sp³-hybridized carbons (Fsp3) is 0.0222. The first-order valence-corrected chi connectivity index (χ1v) is 15.7. The summed E-state index contributed by atoms with van der Waals surface area (Å²) in [5.74, 6) is 0. The van der Waals surface area contributed by atoms with Crippen LogP contribution in [-0.4, -0.2) is 0 Å². The molecule has 0 radical (unpaired) electrons. The molecule has 0 atom stereocenters. The van der Waals surface area contributed by atoms with Gasteiger partial charge in [-0.1, -0.05) is 151 Å². The van der Waals surface area contributed by atoms with Gasteiger partial charge in [-0.15, -0.1) is 0 Å². The summed E-state index contributed by atoms with van der Waals surface area (Å²) in [4.78, 5) is 0. The van der Waals surface area contributed by atoms with E-state index in [1.165, 1.54) is 92.8 Å². The number of aryl methyl sites for hydroxylation is 1. The van der Waals surface area contributed by atoms with E-state index >= 15 is 0 Å². The first kappa shape index (κ1) is 25.7. The average Bonchev–Trinajstić information content (AvgIpc) is 3.10. The van der Waals surface area contributed by atoms with E-state index in [4.69, 9.17) is 0 Å². The monoisotopic (exact) mass is 570 g/mol. The van der Waals surface area contributed by atoms with Crippen LogP contribution < -0.4 is 0 Å². The molecule has 0 N–H and O–H groups in total. The van der Waals surface area contributed by atoms with Crippen LogP contribution in [-0.2, 0) is 0 Å². The number of hydrogen-bond acceptors (Lipinski definition) is 0. The molecule has 0 aliphatic heterocycles. The van der Waals surface area contributed by atoms with Crippen molar-refractivity contribution in [2.24, 2.45) is 0 Å². The van der Waals surface area contributed by atoms with E-state index in [0.29, 0.717) is 0 Å². The standard InChI is InChI=1S/C45H30/c1-29-17-18-35-28-38(22-21-34(35)25-29)43-40-15-6-7-16-41(40)44(45-39-14-5-4-10-31(39)23-24-42(43)45)37-13-8-12-33(27-37)36-20-19-30-9-2-3-11-32(30)26-36/h2-28H,1H3. The van der Waals surface area contributed by atoms with Gasteiger partial charge in [0.05, 0.1) is 0 Å². The zero-order chi connectivity index (χ0) is 29.9. The Labute approximate surface area is 262 Å². The molecule has 0 nitrogen and oxygen atoms in total. The normalized spacial score (nSPS) is 11.7. The van der Waals surface area contributed by atoms with Crippen molar-refractivity contribution in [3.05, 3.63) is 169 Å². The van der Waals surface area contributed by atoms with Crippen LogP contribution in [0, 0.1) is 6.92 Å². The van der Waals surface area contributed by atoms with Crippen LogP contribution in [0.5, 0.6) is 0 Å². The lowest BCUT2D eigenvalue weighted by molar-refractivity contribution is 1.51. The van der Waals surface area contributed by atoms with E-state index in [2.05, 4.69) is 171 Å². The Morgan fingerprint density at radius 3 is 1.69 bits per heavy atom. The Morgan fingerprint density at radius 1 is 0.289 bits per heavy atom. The Hall–Kier alpha value is -5.72.